The van der Waals surface area contributed by atoms with Gasteiger partial charge < -0.3 is 15.2 Å². The Bertz CT molecular complexity index is 650. The summed E-state index contributed by atoms with van der Waals surface area (Å²) in [6.45, 7) is 2.91. The lowest BCUT2D eigenvalue weighted by molar-refractivity contribution is 0.114. The normalized spacial score (nSPS) is 15.7. The van der Waals surface area contributed by atoms with Gasteiger partial charge >= 0.3 is 0 Å². The van der Waals surface area contributed by atoms with Crippen LogP contribution in [-0.4, -0.2) is 52.8 Å². The zero-order valence-corrected chi connectivity index (χ0v) is 13.3. The Morgan fingerprint density at radius 2 is 2.13 bits per heavy atom. The van der Waals surface area contributed by atoms with Crippen molar-refractivity contribution in [1.29, 1.82) is 0 Å². The van der Waals surface area contributed by atoms with Crippen LogP contribution in [0.5, 0.6) is 5.88 Å². The molecule has 0 aliphatic carbocycles. The van der Waals surface area contributed by atoms with Gasteiger partial charge in [-0.1, -0.05) is 24.3 Å². The summed E-state index contributed by atoms with van der Waals surface area (Å²) in [5.74, 6) is 0.969. The zero-order valence-electron chi connectivity index (χ0n) is 13.3. The maximum Gasteiger partial charge on any atom is 0.226 e. The number of β-amino-alcohol motifs (C(OH)–C–C–N with tert-alkyl or cyclic N) is 1. The highest BCUT2D eigenvalue weighted by Gasteiger charge is 2.18. The Balaban J connectivity index is 1.49. The van der Waals surface area contributed by atoms with E-state index < -0.39 is 6.10 Å². The van der Waals surface area contributed by atoms with E-state index in [0.717, 1.165) is 19.5 Å². The molecule has 0 radical (unpaired) electrons. The lowest BCUT2D eigenvalue weighted by atomic mass is 10.00. The van der Waals surface area contributed by atoms with Crippen LogP contribution in [0, 0.1) is 0 Å². The maximum absolute atomic E-state index is 10.2. The van der Waals surface area contributed by atoms with E-state index in [4.69, 9.17) is 4.74 Å². The first-order chi connectivity index (χ1) is 11.2. The van der Waals surface area contributed by atoms with Crippen LogP contribution in [0.2, 0.25) is 0 Å². The summed E-state index contributed by atoms with van der Waals surface area (Å²) in [6, 6.07) is 10.2. The standard InChI is InChI=1S/C17H22N4O2/c1-23-16-6-8-18-17(20-16)19-10-15(22)12-21-9-7-13-4-2-3-5-14(13)11-21/h2-6,8,15,22H,7,9-12H2,1H3,(H,18,19,20)/t15-/m1/s1. The van der Waals surface area contributed by atoms with E-state index in [1.54, 1.807) is 19.4 Å². The minimum Gasteiger partial charge on any atom is -0.481 e. The average Bonchev–Trinajstić information content (AvgIpc) is 2.60. The Morgan fingerprint density at radius 3 is 2.96 bits per heavy atom. The van der Waals surface area contributed by atoms with Crippen molar-refractivity contribution in [3.63, 3.8) is 0 Å². The highest BCUT2D eigenvalue weighted by Crippen LogP contribution is 2.18. The van der Waals surface area contributed by atoms with Crippen molar-refractivity contribution in [1.82, 2.24) is 14.9 Å². The molecule has 2 heterocycles. The minimum absolute atomic E-state index is 0.408. The molecule has 1 aliphatic heterocycles. The Labute approximate surface area is 136 Å². The number of nitrogens with zero attached hydrogens (tertiary/aromatic N) is 3. The number of aromatic nitrogens is 2. The number of anilines is 1. The molecule has 0 fully saturated rings. The van der Waals surface area contributed by atoms with E-state index in [0.29, 0.717) is 24.9 Å². The van der Waals surface area contributed by atoms with Gasteiger partial charge in [-0.25, -0.2) is 4.98 Å². The number of ether oxygens (including phenoxy) is 1. The third-order valence-electron chi connectivity index (χ3n) is 4.01. The molecule has 1 aromatic carbocycles. The first-order valence-electron chi connectivity index (χ1n) is 7.82. The molecule has 0 unspecified atom stereocenters. The van der Waals surface area contributed by atoms with Crippen LogP contribution in [0.1, 0.15) is 11.1 Å². The van der Waals surface area contributed by atoms with Crippen LogP contribution in [0.15, 0.2) is 36.5 Å². The fourth-order valence-corrected chi connectivity index (χ4v) is 2.82. The van der Waals surface area contributed by atoms with Gasteiger partial charge in [0.25, 0.3) is 0 Å². The number of benzene rings is 1. The molecular weight excluding hydrogens is 292 g/mol. The van der Waals surface area contributed by atoms with E-state index in [9.17, 15) is 5.11 Å². The van der Waals surface area contributed by atoms with Crippen molar-refractivity contribution >= 4 is 5.95 Å². The molecule has 6 heteroatoms. The van der Waals surface area contributed by atoms with E-state index in [-0.39, 0.29) is 0 Å². The lowest BCUT2D eigenvalue weighted by Crippen LogP contribution is -2.39. The molecule has 0 amide bonds. The molecule has 0 spiro atoms. The summed E-state index contributed by atoms with van der Waals surface area (Å²) in [5.41, 5.74) is 2.77. The summed E-state index contributed by atoms with van der Waals surface area (Å²) in [6.07, 6.45) is 2.19. The Morgan fingerprint density at radius 1 is 1.30 bits per heavy atom. The van der Waals surface area contributed by atoms with Gasteiger partial charge in [-0.3, -0.25) is 4.90 Å². The van der Waals surface area contributed by atoms with Gasteiger partial charge in [0.05, 0.1) is 13.2 Å². The fourth-order valence-electron chi connectivity index (χ4n) is 2.82. The van der Waals surface area contributed by atoms with Gasteiger partial charge in [0, 0.05) is 38.4 Å². The molecule has 0 saturated heterocycles. The number of hydrogen-bond donors (Lipinski definition) is 2. The highest BCUT2D eigenvalue weighted by molar-refractivity contribution is 5.29. The van der Waals surface area contributed by atoms with E-state index in [1.165, 1.54) is 11.1 Å². The van der Waals surface area contributed by atoms with Gasteiger partial charge in [-0.15, -0.1) is 0 Å². The van der Waals surface area contributed by atoms with Gasteiger partial charge in [0.1, 0.15) is 0 Å². The second kappa shape index (κ2) is 7.39. The molecule has 1 aliphatic rings. The number of aliphatic hydroxyl groups excluding tert-OH is 1. The van der Waals surface area contributed by atoms with Gasteiger partial charge in [-0.2, -0.15) is 4.98 Å². The quantitative estimate of drug-likeness (QED) is 0.838. The molecule has 2 N–H and O–H groups in total. The maximum atomic E-state index is 10.2. The van der Waals surface area contributed by atoms with Crippen molar-refractivity contribution in [2.45, 2.75) is 19.1 Å². The summed E-state index contributed by atoms with van der Waals surface area (Å²) >= 11 is 0. The third-order valence-corrected chi connectivity index (χ3v) is 4.01. The molecule has 1 atom stereocenters. The van der Waals surface area contributed by atoms with Crippen LogP contribution >= 0.6 is 0 Å². The van der Waals surface area contributed by atoms with Crippen molar-refractivity contribution in [2.24, 2.45) is 0 Å². The van der Waals surface area contributed by atoms with E-state index in [1.807, 2.05) is 0 Å². The van der Waals surface area contributed by atoms with Crippen molar-refractivity contribution in [3.05, 3.63) is 47.7 Å². The molecule has 6 nitrogen and oxygen atoms in total. The first kappa shape index (κ1) is 15.7. The van der Waals surface area contributed by atoms with Crippen molar-refractivity contribution in [2.75, 3.05) is 32.1 Å². The fraction of sp³-hybridized carbons (Fsp3) is 0.412. The van der Waals surface area contributed by atoms with Crippen LogP contribution in [0.3, 0.4) is 0 Å². The number of hydrogen-bond acceptors (Lipinski definition) is 6. The van der Waals surface area contributed by atoms with Gasteiger partial charge in [-0.05, 0) is 17.5 Å². The van der Waals surface area contributed by atoms with Crippen molar-refractivity contribution < 1.29 is 9.84 Å². The van der Waals surface area contributed by atoms with Crippen LogP contribution in [0.4, 0.5) is 5.95 Å². The molecule has 0 bridgehead atoms. The summed E-state index contributed by atoms with van der Waals surface area (Å²) in [4.78, 5) is 10.6. The van der Waals surface area contributed by atoms with Crippen molar-refractivity contribution in [3.8, 4) is 5.88 Å². The Hall–Kier alpha value is -2.18. The lowest BCUT2D eigenvalue weighted by Gasteiger charge is -2.30. The number of rotatable bonds is 6. The average molecular weight is 314 g/mol. The SMILES string of the molecule is COc1ccnc(NC[C@@H](O)CN2CCc3ccccc3C2)n1. The summed E-state index contributed by atoms with van der Waals surface area (Å²) in [7, 11) is 1.56. The number of aliphatic hydroxyl groups is 1. The molecular formula is C17H22N4O2. The number of nitrogens with one attached hydrogen (secondary N) is 1. The molecule has 122 valence electrons. The molecule has 23 heavy (non-hydrogen) atoms. The first-order valence-corrected chi connectivity index (χ1v) is 7.82. The van der Waals surface area contributed by atoms with E-state index in [2.05, 4.69) is 44.5 Å². The zero-order chi connectivity index (χ0) is 16.1. The molecule has 2 aromatic rings. The van der Waals surface area contributed by atoms with Crippen LogP contribution in [0.25, 0.3) is 0 Å². The van der Waals surface area contributed by atoms with E-state index >= 15 is 0 Å². The second-order valence-corrected chi connectivity index (χ2v) is 5.71. The predicted molar refractivity (Wildman–Crippen MR) is 88.5 cm³/mol. The monoisotopic (exact) mass is 314 g/mol. The van der Waals surface area contributed by atoms with Gasteiger partial charge in [0.15, 0.2) is 0 Å². The topological polar surface area (TPSA) is 70.5 Å². The van der Waals surface area contributed by atoms with Crippen LogP contribution < -0.4 is 10.1 Å². The number of methoxy groups -OCH3 is 1. The van der Waals surface area contributed by atoms with Crippen LogP contribution in [-0.2, 0) is 13.0 Å². The third kappa shape index (κ3) is 4.18. The number of fused-ring (bicyclic) bond motifs is 1. The second-order valence-electron chi connectivity index (χ2n) is 5.71. The Kier molecular flexibility index (Phi) is 5.05. The smallest absolute Gasteiger partial charge is 0.226 e. The predicted octanol–water partition coefficient (Wildman–Crippen LogP) is 1.32. The van der Waals surface area contributed by atoms with Gasteiger partial charge in [0.2, 0.25) is 11.8 Å². The molecule has 3 rings (SSSR count). The molecule has 1 aromatic heterocycles. The minimum atomic E-state index is -0.477. The summed E-state index contributed by atoms with van der Waals surface area (Å²) in [5, 5.41) is 13.3. The largest absolute Gasteiger partial charge is 0.481 e. The highest BCUT2D eigenvalue weighted by atomic mass is 16.5. The summed E-state index contributed by atoms with van der Waals surface area (Å²) < 4.78 is 5.05. The molecule has 0 saturated carbocycles.